The summed E-state index contributed by atoms with van der Waals surface area (Å²) >= 11 is 1.58. The number of rotatable bonds is 7. The predicted molar refractivity (Wildman–Crippen MR) is 112 cm³/mol. The van der Waals surface area contributed by atoms with Gasteiger partial charge in [0.1, 0.15) is 24.0 Å². The molecule has 1 aromatic heterocycles. The molecular weight excluding hydrogens is 392 g/mol. The lowest BCUT2D eigenvalue weighted by molar-refractivity contribution is -0.121. The first-order valence-electron chi connectivity index (χ1n) is 9.10. The first-order chi connectivity index (χ1) is 14.0. The Labute approximate surface area is 172 Å². The van der Waals surface area contributed by atoms with E-state index in [1.54, 1.807) is 43.4 Å². The molecule has 0 fully saturated rings. The fourth-order valence-corrected chi connectivity index (χ4v) is 3.69. The fourth-order valence-electron chi connectivity index (χ4n) is 2.81. The molecule has 0 aliphatic carbocycles. The number of carbonyl (C=O) groups excluding carboxylic acids is 2. The molecule has 0 bridgehead atoms. The number of thiazole rings is 1. The maximum absolute atomic E-state index is 12.4. The number of imide groups is 1. The zero-order valence-corrected chi connectivity index (χ0v) is 17.3. The van der Waals surface area contributed by atoms with Gasteiger partial charge in [-0.1, -0.05) is 12.1 Å². The van der Waals surface area contributed by atoms with E-state index in [0.717, 1.165) is 20.1 Å². The highest BCUT2D eigenvalue weighted by Gasteiger charge is 2.26. The second-order valence-corrected chi connectivity index (χ2v) is 7.29. The van der Waals surface area contributed by atoms with E-state index in [1.165, 1.54) is 7.11 Å². The van der Waals surface area contributed by atoms with Gasteiger partial charge in [-0.05, 0) is 49.7 Å². The molecule has 0 aliphatic rings. The van der Waals surface area contributed by atoms with Crippen molar-refractivity contribution in [3.8, 4) is 5.75 Å². The summed E-state index contributed by atoms with van der Waals surface area (Å²) in [5, 5.41) is 0.872. The Bertz CT molecular complexity index is 966. The summed E-state index contributed by atoms with van der Waals surface area (Å²) in [6.45, 7) is 3.75. The monoisotopic (exact) mass is 414 g/mol. The molecule has 0 spiro atoms. The standard InChI is InChI=1S/C21H22N2O5S/c1-4-27-21(25)23(20(24)13-26-3)17-10-9-15(11-14(17)2)28-12-19-22-16-7-5-6-8-18(16)29-19/h5-11H,4,12-13H2,1-3H3. The fraction of sp³-hybridized carbons (Fsp3) is 0.286. The number of para-hydroxylation sites is 1. The quantitative estimate of drug-likeness (QED) is 0.573. The lowest BCUT2D eigenvalue weighted by atomic mass is 10.1. The Balaban J connectivity index is 1.76. The minimum absolute atomic E-state index is 0.165. The smallest absolute Gasteiger partial charge is 0.421 e. The van der Waals surface area contributed by atoms with Crippen LogP contribution in [0, 0.1) is 6.92 Å². The molecule has 29 heavy (non-hydrogen) atoms. The number of hydrogen-bond acceptors (Lipinski definition) is 7. The number of aryl methyl sites for hydroxylation is 1. The number of ether oxygens (including phenoxy) is 3. The van der Waals surface area contributed by atoms with E-state index in [2.05, 4.69) is 4.98 Å². The van der Waals surface area contributed by atoms with Gasteiger partial charge >= 0.3 is 6.09 Å². The van der Waals surface area contributed by atoms with Crippen molar-refractivity contribution >= 4 is 39.2 Å². The summed E-state index contributed by atoms with van der Waals surface area (Å²) in [6, 6.07) is 13.1. The van der Waals surface area contributed by atoms with E-state index in [-0.39, 0.29) is 13.2 Å². The van der Waals surface area contributed by atoms with Crippen molar-refractivity contribution in [3.63, 3.8) is 0 Å². The highest BCUT2D eigenvalue weighted by atomic mass is 32.1. The topological polar surface area (TPSA) is 78.0 Å². The van der Waals surface area contributed by atoms with Crippen molar-refractivity contribution in [2.45, 2.75) is 20.5 Å². The first kappa shape index (κ1) is 20.8. The number of carbonyl (C=O) groups is 2. The maximum atomic E-state index is 12.4. The average Bonchev–Trinajstić information content (AvgIpc) is 3.11. The number of hydrogen-bond donors (Lipinski definition) is 0. The van der Waals surface area contributed by atoms with Crippen LogP contribution in [0.5, 0.6) is 5.75 Å². The van der Waals surface area contributed by atoms with Crippen LogP contribution in [0.2, 0.25) is 0 Å². The van der Waals surface area contributed by atoms with Crippen LogP contribution in [-0.4, -0.2) is 37.3 Å². The Morgan fingerprint density at radius 3 is 2.66 bits per heavy atom. The number of benzene rings is 2. The molecule has 0 unspecified atom stereocenters. The first-order valence-corrected chi connectivity index (χ1v) is 9.91. The zero-order chi connectivity index (χ0) is 20.8. The van der Waals surface area contributed by atoms with E-state index in [4.69, 9.17) is 14.2 Å². The minimum atomic E-state index is -0.735. The lowest BCUT2D eigenvalue weighted by Crippen LogP contribution is -2.40. The second kappa shape index (κ2) is 9.49. The van der Waals surface area contributed by atoms with Crippen LogP contribution in [0.25, 0.3) is 10.2 Å². The van der Waals surface area contributed by atoms with Crippen LogP contribution in [0.15, 0.2) is 42.5 Å². The SMILES string of the molecule is CCOC(=O)N(C(=O)COC)c1ccc(OCc2nc3ccccc3s2)cc1C. The molecule has 3 aromatic rings. The summed E-state index contributed by atoms with van der Waals surface area (Å²) in [7, 11) is 1.40. The van der Waals surface area contributed by atoms with Crippen molar-refractivity contribution in [1.29, 1.82) is 0 Å². The molecule has 0 aliphatic heterocycles. The number of aromatic nitrogens is 1. The summed E-state index contributed by atoms with van der Waals surface area (Å²) < 4.78 is 16.9. The Hall–Kier alpha value is -2.97. The Morgan fingerprint density at radius 2 is 1.97 bits per heavy atom. The predicted octanol–water partition coefficient (Wildman–Crippen LogP) is 4.32. The molecule has 0 atom stereocenters. The van der Waals surface area contributed by atoms with Gasteiger partial charge in [-0.2, -0.15) is 0 Å². The van der Waals surface area contributed by atoms with E-state index in [9.17, 15) is 9.59 Å². The normalized spacial score (nSPS) is 10.7. The van der Waals surface area contributed by atoms with Crippen LogP contribution in [0.1, 0.15) is 17.5 Å². The molecule has 2 aromatic carbocycles. The summed E-state index contributed by atoms with van der Waals surface area (Å²) in [4.78, 5) is 30.2. The molecule has 3 rings (SSSR count). The second-order valence-electron chi connectivity index (χ2n) is 6.17. The largest absolute Gasteiger partial charge is 0.486 e. The molecule has 0 saturated carbocycles. The van der Waals surface area contributed by atoms with Gasteiger partial charge in [-0.15, -0.1) is 11.3 Å². The summed E-state index contributed by atoms with van der Waals surface area (Å²) in [5.74, 6) is 0.116. The lowest BCUT2D eigenvalue weighted by Gasteiger charge is -2.22. The van der Waals surface area contributed by atoms with Gasteiger partial charge in [0.2, 0.25) is 0 Å². The minimum Gasteiger partial charge on any atom is -0.486 e. The molecular formula is C21H22N2O5S. The molecule has 0 N–H and O–H groups in total. The van der Waals surface area contributed by atoms with Gasteiger partial charge in [0.25, 0.3) is 5.91 Å². The van der Waals surface area contributed by atoms with E-state index < -0.39 is 12.0 Å². The number of nitrogens with zero attached hydrogens (tertiary/aromatic N) is 2. The molecule has 0 radical (unpaired) electrons. The van der Waals surface area contributed by atoms with Crippen molar-refractivity contribution in [1.82, 2.24) is 4.98 Å². The van der Waals surface area contributed by atoms with Crippen LogP contribution in [0.3, 0.4) is 0 Å². The summed E-state index contributed by atoms with van der Waals surface area (Å²) in [5.41, 5.74) is 2.08. The van der Waals surface area contributed by atoms with Crippen LogP contribution in [0.4, 0.5) is 10.5 Å². The van der Waals surface area contributed by atoms with Gasteiger partial charge in [0.15, 0.2) is 0 Å². The average molecular weight is 414 g/mol. The van der Waals surface area contributed by atoms with Crippen molar-refractivity contribution in [3.05, 3.63) is 53.0 Å². The van der Waals surface area contributed by atoms with E-state index >= 15 is 0 Å². The maximum Gasteiger partial charge on any atom is 0.421 e. The summed E-state index contributed by atoms with van der Waals surface area (Å²) in [6.07, 6.45) is -0.735. The zero-order valence-electron chi connectivity index (χ0n) is 16.5. The third-order valence-electron chi connectivity index (χ3n) is 4.08. The number of anilines is 1. The molecule has 7 nitrogen and oxygen atoms in total. The third-order valence-corrected chi connectivity index (χ3v) is 5.09. The van der Waals surface area contributed by atoms with Crippen molar-refractivity contribution in [2.75, 3.05) is 25.2 Å². The van der Waals surface area contributed by atoms with Gasteiger partial charge in [0.05, 0.1) is 22.5 Å². The van der Waals surface area contributed by atoms with Crippen molar-refractivity contribution in [2.24, 2.45) is 0 Å². The molecule has 1 heterocycles. The molecule has 2 amide bonds. The van der Waals surface area contributed by atoms with Crippen LogP contribution < -0.4 is 9.64 Å². The number of methoxy groups -OCH3 is 1. The van der Waals surface area contributed by atoms with Gasteiger partial charge in [-0.25, -0.2) is 14.7 Å². The van der Waals surface area contributed by atoms with Crippen LogP contribution in [-0.2, 0) is 20.9 Å². The van der Waals surface area contributed by atoms with E-state index in [0.29, 0.717) is 23.6 Å². The Morgan fingerprint density at radius 1 is 1.17 bits per heavy atom. The number of fused-ring (bicyclic) bond motifs is 1. The highest BCUT2D eigenvalue weighted by Crippen LogP contribution is 2.28. The molecule has 152 valence electrons. The van der Waals surface area contributed by atoms with Crippen molar-refractivity contribution < 1.29 is 23.8 Å². The molecule has 8 heteroatoms. The van der Waals surface area contributed by atoms with E-state index in [1.807, 2.05) is 24.3 Å². The Kier molecular flexibility index (Phi) is 6.79. The van der Waals surface area contributed by atoms with Gasteiger partial charge in [-0.3, -0.25) is 4.79 Å². The molecule has 0 saturated heterocycles. The van der Waals surface area contributed by atoms with Gasteiger partial charge < -0.3 is 14.2 Å². The number of amides is 2. The van der Waals surface area contributed by atoms with Gasteiger partial charge in [0, 0.05) is 7.11 Å². The highest BCUT2D eigenvalue weighted by molar-refractivity contribution is 7.18. The third kappa shape index (κ3) is 4.90. The van der Waals surface area contributed by atoms with Crippen LogP contribution >= 0.6 is 11.3 Å².